The summed E-state index contributed by atoms with van der Waals surface area (Å²) < 4.78 is 19.4. The molecule has 6 rings (SSSR count). The van der Waals surface area contributed by atoms with Gasteiger partial charge in [-0.2, -0.15) is 0 Å². The minimum Gasteiger partial charge on any atom is -0.488 e. The molecule has 3 amide bonds. The van der Waals surface area contributed by atoms with E-state index in [1.165, 1.54) is 29.3 Å². The van der Waals surface area contributed by atoms with Gasteiger partial charge in [-0.25, -0.2) is 14.4 Å². The van der Waals surface area contributed by atoms with Gasteiger partial charge in [-0.3, -0.25) is 19.3 Å². The summed E-state index contributed by atoms with van der Waals surface area (Å²) in [5.74, 6) is -2.60. The van der Waals surface area contributed by atoms with E-state index in [1.54, 1.807) is 18.2 Å². The van der Waals surface area contributed by atoms with Gasteiger partial charge >= 0.3 is 0 Å². The number of hydrogen-bond acceptors (Lipinski definition) is 8. The van der Waals surface area contributed by atoms with E-state index >= 15 is 0 Å². The SMILES string of the molecule is CN1CCC(N2C(=O)c3cc4nc(C5C(=O)N=CC=C5NC[C@@H](O)COc5cccc(Cl)c5F)[nH]c4cc3C2=O)CC1. The number of likely N-dealkylation sites (tertiary alicyclic amines) is 1. The number of rotatable bonds is 8. The fourth-order valence-electron chi connectivity index (χ4n) is 5.50. The van der Waals surface area contributed by atoms with Crippen molar-refractivity contribution >= 4 is 46.6 Å². The van der Waals surface area contributed by atoms with Gasteiger partial charge in [-0.05, 0) is 63.3 Å². The Morgan fingerprint density at radius 1 is 1.19 bits per heavy atom. The number of imidazole rings is 1. The zero-order chi connectivity index (χ0) is 29.5. The van der Waals surface area contributed by atoms with Crippen molar-refractivity contribution in [3.05, 3.63) is 69.9 Å². The number of allylic oxidation sites excluding steroid dienone is 1. The van der Waals surface area contributed by atoms with Crippen molar-refractivity contribution in [1.82, 2.24) is 25.1 Å². The van der Waals surface area contributed by atoms with Crippen molar-refractivity contribution in [2.45, 2.75) is 30.9 Å². The molecule has 2 aromatic carbocycles. The highest BCUT2D eigenvalue weighted by atomic mass is 35.5. The number of aliphatic hydroxyl groups excluding tert-OH is 1. The molecular formula is C29H28ClFN6O5. The quantitative estimate of drug-likeness (QED) is 0.338. The van der Waals surface area contributed by atoms with Crippen LogP contribution in [0.25, 0.3) is 11.0 Å². The molecule has 3 aliphatic heterocycles. The highest BCUT2D eigenvalue weighted by Crippen LogP contribution is 2.33. The first kappa shape index (κ1) is 28.0. The molecule has 3 aliphatic rings. The van der Waals surface area contributed by atoms with Crippen molar-refractivity contribution in [2.24, 2.45) is 4.99 Å². The van der Waals surface area contributed by atoms with Crippen LogP contribution in [0.4, 0.5) is 4.39 Å². The number of H-pyrrole nitrogens is 1. The molecular weight excluding hydrogens is 567 g/mol. The lowest BCUT2D eigenvalue weighted by Gasteiger charge is -2.33. The second kappa shape index (κ2) is 11.3. The number of piperidine rings is 1. The number of nitrogens with one attached hydrogen (secondary N) is 2. The Morgan fingerprint density at radius 2 is 1.93 bits per heavy atom. The molecule has 3 N–H and O–H groups in total. The van der Waals surface area contributed by atoms with Gasteiger partial charge in [0.05, 0.1) is 27.2 Å². The predicted octanol–water partition coefficient (Wildman–Crippen LogP) is 2.65. The molecule has 1 unspecified atom stereocenters. The Kier molecular flexibility index (Phi) is 7.52. The van der Waals surface area contributed by atoms with E-state index in [0.717, 1.165) is 25.9 Å². The maximum absolute atomic E-state index is 14.1. The monoisotopic (exact) mass is 594 g/mol. The van der Waals surface area contributed by atoms with Gasteiger partial charge in [0.2, 0.25) is 0 Å². The smallest absolute Gasteiger partial charge is 0.262 e. The third kappa shape index (κ3) is 5.17. The number of amides is 3. The molecule has 218 valence electrons. The topological polar surface area (TPSA) is 140 Å². The number of carbonyl (C=O) groups excluding carboxylic acids is 3. The maximum atomic E-state index is 14.1. The summed E-state index contributed by atoms with van der Waals surface area (Å²) in [6.45, 7) is 1.39. The van der Waals surface area contributed by atoms with Crippen LogP contribution < -0.4 is 10.1 Å². The number of imide groups is 1. The zero-order valence-electron chi connectivity index (χ0n) is 22.6. The number of dihydropyridines is 1. The summed E-state index contributed by atoms with van der Waals surface area (Å²) in [5, 5.41) is 13.4. The summed E-state index contributed by atoms with van der Waals surface area (Å²) in [5.41, 5.74) is 1.98. The number of fused-ring (bicyclic) bond motifs is 2. The molecule has 1 aromatic heterocycles. The van der Waals surface area contributed by atoms with Crippen LogP contribution in [-0.2, 0) is 4.79 Å². The van der Waals surface area contributed by atoms with Crippen LogP contribution in [-0.4, -0.2) is 94.2 Å². The van der Waals surface area contributed by atoms with E-state index in [2.05, 4.69) is 25.2 Å². The van der Waals surface area contributed by atoms with Crippen LogP contribution in [0, 0.1) is 5.82 Å². The van der Waals surface area contributed by atoms with E-state index in [9.17, 15) is 23.9 Å². The first-order chi connectivity index (χ1) is 20.2. The summed E-state index contributed by atoms with van der Waals surface area (Å²) in [7, 11) is 2.02. The highest BCUT2D eigenvalue weighted by molar-refractivity contribution is 6.30. The highest BCUT2D eigenvalue weighted by Gasteiger charge is 2.41. The molecule has 0 saturated carbocycles. The molecule has 3 aromatic rings. The van der Waals surface area contributed by atoms with Gasteiger partial charge in [-0.1, -0.05) is 17.7 Å². The number of carbonyl (C=O) groups is 3. The molecule has 0 spiro atoms. The van der Waals surface area contributed by atoms with E-state index < -0.39 is 23.7 Å². The number of nitrogens with zero attached hydrogens (tertiary/aromatic N) is 4. The minimum absolute atomic E-state index is 0.0179. The van der Waals surface area contributed by atoms with Crippen molar-refractivity contribution in [3.8, 4) is 5.75 Å². The van der Waals surface area contributed by atoms with Gasteiger partial charge in [0.25, 0.3) is 17.7 Å². The molecule has 0 radical (unpaired) electrons. The fourth-order valence-corrected chi connectivity index (χ4v) is 5.67. The van der Waals surface area contributed by atoms with Crippen LogP contribution in [0.1, 0.15) is 45.3 Å². The van der Waals surface area contributed by atoms with Crippen LogP contribution >= 0.6 is 11.6 Å². The molecule has 0 bridgehead atoms. The largest absolute Gasteiger partial charge is 0.488 e. The average Bonchev–Trinajstić information content (AvgIpc) is 3.49. The number of ether oxygens (including phenoxy) is 1. The lowest BCUT2D eigenvalue weighted by atomic mass is 10.0. The third-order valence-corrected chi connectivity index (χ3v) is 8.06. The fraction of sp³-hybridized carbons (Fsp3) is 0.345. The van der Waals surface area contributed by atoms with Gasteiger partial charge in [0, 0.05) is 24.5 Å². The molecule has 2 atom stereocenters. The van der Waals surface area contributed by atoms with Crippen LogP contribution in [0.5, 0.6) is 5.75 Å². The van der Waals surface area contributed by atoms with Crippen molar-refractivity contribution in [1.29, 1.82) is 0 Å². The van der Waals surface area contributed by atoms with Crippen molar-refractivity contribution in [2.75, 3.05) is 33.3 Å². The zero-order valence-corrected chi connectivity index (χ0v) is 23.4. The standard InChI is InChI=1S/C29H28ClFN6O5/c1-36-9-6-15(7-10-36)37-28(40)17-11-21-22(12-18(17)29(37)41)35-26(34-21)24-20(5-8-32-27(24)39)33-13-16(38)14-42-23-4-2-3-19(30)25(23)31/h2-5,8,11-12,15-16,24,33,38H,6-7,9-10,13-14H2,1H3,(H,34,35)/t16-,24?/m1/s1. The summed E-state index contributed by atoms with van der Waals surface area (Å²) >= 11 is 5.77. The number of aromatic amines is 1. The Morgan fingerprint density at radius 3 is 2.69 bits per heavy atom. The number of aliphatic hydroxyl groups is 1. The number of aliphatic imine (C=N–C) groups is 1. The number of benzene rings is 2. The lowest BCUT2D eigenvalue weighted by molar-refractivity contribution is -0.118. The summed E-state index contributed by atoms with van der Waals surface area (Å²) in [6.07, 6.45) is 3.34. The minimum atomic E-state index is -1.05. The molecule has 0 aliphatic carbocycles. The number of hydrogen-bond donors (Lipinski definition) is 3. The number of halogens is 2. The lowest BCUT2D eigenvalue weighted by Crippen LogP contribution is -2.46. The average molecular weight is 595 g/mol. The van der Waals surface area contributed by atoms with E-state index in [-0.39, 0.29) is 47.6 Å². The van der Waals surface area contributed by atoms with Gasteiger partial charge in [0.1, 0.15) is 24.5 Å². The molecule has 4 heterocycles. The molecule has 13 heteroatoms. The van der Waals surface area contributed by atoms with Crippen LogP contribution in [0.15, 0.2) is 47.1 Å². The second-order valence-corrected chi connectivity index (χ2v) is 11.0. The summed E-state index contributed by atoms with van der Waals surface area (Å²) in [4.78, 5) is 54.5. The van der Waals surface area contributed by atoms with Crippen molar-refractivity contribution in [3.63, 3.8) is 0 Å². The molecule has 11 nitrogen and oxygen atoms in total. The predicted molar refractivity (Wildman–Crippen MR) is 152 cm³/mol. The Labute approximate surface area is 245 Å². The first-order valence-corrected chi connectivity index (χ1v) is 14.0. The van der Waals surface area contributed by atoms with E-state index in [1.807, 2.05) is 7.05 Å². The maximum Gasteiger partial charge on any atom is 0.262 e. The van der Waals surface area contributed by atoms with Crippen molar-refractivity contribution < 1.29 is 28.6 Å². The second-order valence-electron chi connectivity index (χ2n) is 10.6. The van der Waals surface area contributed by atoms with Gasteiger partial charge in [0.15, 0.2) is 11.6 Å². The first-order valence-electron chi connectivity index (χ1n) is 13.6. The van der Waals surface area contributed by atoms with Gasteiger partial charge < -0.3 is 25.0 Å². The number of aromatic nitrogens is 2. The Balaban J connectivity index is 1.17. The van der Waals surface area contributed by atoms with Gasteiger partial charge in [-0.15, -0.1) is 0 Å². The Bertz CT molecular complexity index is 1590. The van der Waals surface area contributed by atoms with E-state index in [4.69, 9.17) is 16.3 Å². The third-order valence-electron chi connectivity index (χ3n) is 7.77. The molecule has 1 saturated heterocycles. The summed E-state index contributed by atoms with van der Waals surface area (Å²) in [6, 6.07) is 7.39. The van der Waals surface area contributed by atoms with Crippen LogP contribution in [0.3, 0.4) is 0 Å². The van der Waals surface area contributed by atoms with E-state index in [0.29, 0.717) is 27.9 Å². The molecule has 42 heavy (non-hydrogen) atoms. The normalized spacial score (nSPS) is 20.3. The van der Waals surface area contributed by atoms with Crippen LogP contribution in [0.2, 0.25) is 5.02 Å². The molecule has 1 fully saturated rings. The Hall–Kier alpha value is -4.13.